The van der Waals surface area contributed by atoms with E-state index in [0.717, 1.165) is 0 Å². The molecular weight excluding hydrogens is 249 g/mol. The summed E-state index contributed by atoms with van der Waals surface area (Å²) in [6.45, 7) is 1.86. The van der Waals surface area contributed by atoms with Gasteiger partial charge in [0.05, 0.1) is 7.11 Å². The summed E-state index contributed by atoms with van der Waals surface area (Å²) in [6.07, 6.45) is 0.354. The van der Waals surface area contributed by atoms with Crippen molar-refractivity contribution < 1.29 is 18.7 Å². The normalized spacial score (nSPS) is 11.8. The summed E-state index contributed by atoms with van der Waals surface area (Å²) in [5.41, 5.74) is 0.415. The summed E-state index contributed by atoms with van der Waals surface area (Å²) in [6, 6.07) is 6.24. The van der Waals surface area contributed by atoms with Gasteiger partial charge in [-0.25, -0.2) is 4.39 Å². The highest BCUT2D eigenvalue weighted by atomic mass is 19.1. The van der Waals surface area contributed by atoms with Crippen molar-refractivity contribution in [3.63, 3.8) is 0 Å². The number of rotatable bonds is 5. The van der Waals surface area contributed by atoms with E-state index < -0.39 is 11.9 Å². The molecule has 0 bridgehead atoms. The van der Waals surface area contributed by atoms with Crippen LogP contribution in [0.25, 0.3) is 0 Å². The van der Waals surface area contributed by atoms with E-state index in [2.05, 4.69) is 4.74 Å². The molecule has 0 saturated heterocycles. The van der Waals surface area contributed by atoms with Gasteiger partial charge in [0.25, 0.3) is 0 Å². The van der Waals surface area contributed by atoms with Gasteiger partial charge in [-0.1, -0.05) is 25.1 Å². The SMILES string of the molecule is CCC(C(=O)OC)C(=O)N(C)Cc1ccccc1F. The first-order valence-corrected chi connectivity index (χ1v) is 6.07. The molecule has 0 N–H and O–H groups in total. The quantitative estimate of drug-likeness (QED) is 0.605. The lowest BCUT2D eigenvalue weighted by Gasteiger charge is -2.21. The summed E-state index contributed by atoms with van der Waals surface area (Å²) < 4.78 is 18.1. The summed E-state index contributed by atoms with van der Waals surface area (Å²) in [4.78, 5) is 24.9. The van der Waals surface area contributed by atoms with Crippen LogP contribution in [0.3, 0.4) is 0 Å². The lowest BCUT2D eigenvalue weighted by atomic mass is 10.0. The molecule has 0 aliphatic carbocycles. The average molecular weight is 267 g/mol. The zero-order chi connectivity index (χ0) is 14.4. The first kappa shape index (κ1) is 15.1. The molecule has 1 amide bonds. The van der Waals surface area contributed by atoms with Crippen LogP contribution in [0.5, 0.6) is 0 Å². The maximum Gasteiger partial charge on any atom is 0.318 e. The van der Waals surface area contributed by atoms with Gasteiger partial charge in [0, 0.05) is 19.2 Å². The molecule has 0 radical (unpaired) electrons. The molecule has 1 aromatic rings. The predicted molar refractivity (Wildman–Crippen MR) is 68.7 cm³/mol. The fraction of sp³-hybridized carbons (Fsp3) is 0.429. The third kappa shape index (κ3) is 3.77. The predicted octanol–water partition coefficient (Wildman–Crippen LogP) is 1.98. The molecule has 0 fully saturated rings. The second kappa shape index (κ2) is 6.87. The Morgan fingerprint density at radius 1 is 1.37 bits per heavy atom. The van der Waals surface area contributed by atoms with Crippen molar-refractivity contribution in [1.29, 1.82) is 0 Å². The van der Waals surface area contributed by atoms with Crippen LogP contribution in [0.4, 0.5) is 4.39 Å². The van der Waals surface area contributed by atoms with Crippen LogP contribution in [0.2, 0.25) is 0 Å². The highest BCUT2D eigenvalue weighted by Gasteiger charge is 2.28. The molecular formula is C14H18FNO3. The lowest BCUT2D eigenvalue weighted by Crippen LogP contribution is -2.37. The van der Waals surface area contributed by atoms with E-state index in [1.165, 1.54) is 18.1 Å². The zero-order valence-electron chi connectivity index (χ0n) is 11.4. The van der Waals surface area contributed by atoms with Crippen molar-refractivity contribution in [3.8, 4) is 0 Å². The van der Waals surface area contributed by atoms with Crippen molar-refractivity contribution in [3.05, 3.63) is 35.6 Å². The van der Waals surface area contributed by atoms with E-state index in [-0.39, 0.29) is 18.3 Å². The molecule has 5 heteroatoms. The van der Waals surface area contributed by atoms with E-state index in [9.17, 15) is 14.0 Å². The maximum absolute atomic E-state index is 13.5. The molecule has 0 heterocycles. The van der Waals surface area contributed by atoms with E-state index in [1.807, 2.05) is 0 Å². The Kier molecular flexibility index (Phi) is 5.48. The number of amides is 1. The first-order chi connectivity index (χ1) is 9.01. The fourth-order valence-electron chi connectivity index (χ4n) is 1.81. The number of hydrogen-bond donors (Lipinski definition) is 0. The summed E-state index contributed by atoms with van der Waals surface area (Å²) in [7, 11) is 2.79. The molecule has 1 aromatic carbocycles. The first-order valence-electron chi connectivity index (χ1n) is 6.07. The number of esters is 1. The second-order valence-electron chi connectivity index (χ2n) is 4.27. The second-order valence-corrected chi connectivity index (χ2v) is 4.27. The van der Waals surface area contributed by atoms with Crippen molar-refractivity contribution >= 4 is 11.9 Å². The number of benzene rings is 1. The lowest BCUT2D eigenvalue weighted by molar-refractivity contribution is -0.153. The number of methoxy groups -OCH3 is 1. The van der Waals surface area contributed by atoms with Crippen molar-refractivity contribution in [2.24, 2.45) is 5.92 Å². The minimum absolute atomic E-state index is 0.124. The van der Waals surface area contributed by atoms with Crippen LogP contribution in [-0.2, 0) is 20.9 Å². The molecule has 1 atom stereocenters. The van der Waals surface area contributed by atoms with Crippen molar-refractivity contribution in [2.45, 2.75) is 19.9 Å². The van der Waals surface area contributed by atoms with Crippen LogP contribution in [0.15, 0.2) is 24.3 Å². The maximum atomic E-state index is 13.5. The molecule has 104 valence electrons. The Morgan fingerprint density at radius 3 is 2.53 bits per heavy atom. The van der Waals surface area contributed by atoms with Gasteiger partial charge in [-0.2, -0.15) is 0 Å². The third-order valence-corrected chi connectivity index (χ3v) is 2.93. The van der Waals surface area contributed by atoms with E-state index >= 15 is 0 Å². The molecule has 0 aliphatic rings. The van der Waals surface area contributed by atoms with Gasteiger partial charge in [-0.15, -0.1) is 0 Å². The number of hydrogen-bond acceptors (Lipinski definition) is 3. The van der Waals surface area contributed by atoms with Crippen molar-refractivity contribution in [2.75, 3.05) is 14.2 Å². The standard InChI is InChI=1S/C14H18FNO3/c1-4-11(14(18)19-3)13(17)16(2)9-10-7-5-6-8-12(10)15/h5-8,11H,4,9H2,1-3H3. The number of carbonyl (C=O) groups is 2. The number of ether oxygens (including phenoxy) is 1. The van der Waals surface area contributed by atoms with Gasteiger partial charge in [-0.05, 0) is 12.5 Å². The Morgan fingerprint density at radius 2 is 2.00 bits per heavy atom. The van der Waals surface area contributed by atoms with Gasteiger partial charge in [0.2, 0.25) is 5.91 Å². The van der Waals surface area contributed by atoms with Crippen LogP contribution in [-0.4, -0.2) is 30.9 Å². The monoisotopic (exact) mass is 267 g/mol. The smallest absolute Gasteiger partial charge is 0.318 e. The van der Waals surface area contributed by atoms with E-state index in [4.69, 9.17) is 0 Å². The highest BCUT2D eigenvalue weighted by Crippen LogP contribution is 2.13. The molecule has 1 rings (SSSR count). The summed E-state index contributed by atoms with van der Waals surface area (Å²) in [5, 5.41) is 0. The Balaban J connectivity index is 2.77. The molecule has 0 aromatic heterocycles. The van der Waals surface area contributed by atoms with Gasteiger partial charge < -0.3 is 9.64 Å². The Labute approximate surface area is 112 Å². The summed E-state index contributed by atoms with van der Waals surface area (Å²) in [5.74, 6) is -2.12. The zero-order valence-corrected chi connectivity index (χ0v) is 11.4. The largest absolute Gasteiger partial charge is 0.468 e. The third-order valence-electron chi connectivity index (χ3n) is 2.93. The molecule has 0 saturated carbocycles. The molecule has 0 spiro atoms. The number of carbonyl (C=O) groups excluding carboxylic acids is 2. The molecule has 4 nitrogen and oxygen atoms in total. The fourth-order valence-corrected chi connectivity index (χ4v) is 1.81. The van der Waals surface area contributed by atoms with Crippen molar-refractivity contribution in [1.82, 2.24) is 4.90 Å². The van der Waals surface area contributed by atoms with Gasteiger partial charge in [0.1, 0.15) is 11.7 Å². The summed E-state index contributed by atoms with van der Waals surface area (Å²) >= 11 is 0. The van der Waals surface area contributed by atoms with Crippen LogP contribution in [0, 0.1) is 11.7 Å². The molecule has 19 heavy (non-hydrogen) atoms. The Hall–Kier alpha value is -1.91. The van der Waals surface area contributed by atoms with Gasteiger partial charge in [-0.3, -0.25) is 9.59 Å². The highest BCUT2D eigenvalue weighted by molar-refractivity contribution is 5.97. The van der Waals surface area contributed by atoms with Crippen LogP contribution in [0.1, 0.15) is 18.9 Å². The Bertz CT molecular complexity index is 462. The van der Waals surface area contributed by atoms with Crippen LogP contribution < -0.4 is 0 Å². The average Bonchev–Trinajstić information content (AvgIpc) is 2.41. The van der Waals surface area contributed by atoms with Gasteiger partial charge in [0.15, 0.2) is 0 Å². The number of nitrogens with zero attached hydrogens (tertiary/aromatic N) is 1. The van der Waals surface area contributed by atoms with Gasteiger partial charge >= 0.3 is 5.97 Å². The minimum Gasteiger partial charge on any atom is -0.468 e. The topological polar surface area (TPSA) is 46.6 Å². The van der Waals surface area contributed by atoms with E-state index in [0.29, 0.717) is 12.0 Å². The molecule has 1 unspecified atom stereocenters. The van der Waals surface area contributed by atoms with Crippen LogP contribution >= 0.6 is 0 Å². The van der Waals surface area contributed by atoms with E-state index in [1.54, 1.807) is 32.2 Å². The molecule has 0 aliphatic heterocycles. The minimum atomic E-state index is -0.832. The number of halogens is 1.